The number of amides is 1. The number of anilines is 1. The number of hydrogen-bond acceptors (Lipinski definition) is 5. The zero-order valence-corrected chi connectivity index (χ0v) is 10.1. The van der Waals surface area contributed by atoms with Gasteiger partial charge >= 0.3 is 0 Å². The number of benzene rings is 1. The van der Waals surface area contributed by atoms with Crippen LogP contribution < -0.4 is 5.32 Å². The standard InChI is InChI=1S/C12H9N3O2S/c16-11(14-12-13-5-6-18-12)7-9-8-3-1-2-4-10(8)17-15-9/h1-6H,7H2,(H,13,14,16). The number of nitrogens with zero attached hydrogens (tertiary/aromatic N) is 2. The lowest BCUT2D eigenvalue weighted by Gasteiger charge is -1.98. The Balaban J connectivity index is 1.78. The van der Waals surface area contributed by atoms with Gasteiger partial charge < -0.3 is 9.84 Å². The maximum absolute atomic E-state index is 11.8. The fourth-order valence-electron chi connectivity index (χ4n) is 1.67. The zero-order valence-electron chi connectivity index (χ0n) is 9.29. The Morgan fingerprint density at radius 2 is 2.28 bits per heavy atom. The van der Waals surface area contributed by atoms with Gasteiger partial charge in [-0.2, -0.15) is 0 Å². The minimum Gasteiger partial charge on any atom is -0.356 e. The van der Waals surface area contributed by atoms with Crippen molar-refractivity contribution in [3.63, 3.8) is 0 Å². The van der Waals surface area contributed by atoms with Crippen LogP contribution in [0, 0.1) is 0 Å². The molecule has 1 N–H and O–H groups in total. The van der Waals surface area contributed by atoms with Gasteiger partial charge in [0.05, 0.1) is 6.42 Å². The molecule has 2 heterocycles. The molecule has 2 aromatic heterocycles. The molecule has 0 bridgehead atoms. The number of carbonyl (C=O) groups is 1. The number of thiazole rings is 1. The predicted octanol–water partition coefficient (Wildman–Crippen LogP) is 2.47. The van der Waals surface area contributed by atoms with Gasteiger partial charge in [-0.1, -0.05) is 17.3 Å². The Morgan fingerprint density at radius 1 is 1.39 bits per heavy atom. The average Bonchev–Trinajstić information content (AvgIpc) is 3.00. The maximum Gasteiger partial charge on any atom is 0.232 e. The molecule has 0 radical (unpaired) electrons. The molecule has 0 aliphatic carbocycles. The summed E-state index contributed by atoms with van der Waals surface area (Å²) in [5.41, 5.74) is 1.33. The second-order valence-corrected chi connectivity index (χ2v) is 4.58. The van der Waals surface area contributed by atoms with Crippen LogP contribution >= 0.6 is 11.3 Å². The van der Waals surface area contributed by atoms with E-state index in [-0.39, 0.29) is 12.3 Å². The van der Waals surface area contributed by atoms with E-state index >= 15 is 0 Å². The Labute approximate surface area is 106 Å². The first-order chi connectivity index (χ1) is 8.83. The van der Waals surface area contributed by atoms with E-state index in [0.29, 0.717) is 16.4 Å². The summed E-state index contributed by atoms with van der Waals surface area (Å²) in [4.78, 5) is 15.8. The van der Waals surface area contributed by atoms with E-state index in [1.54, 1.807) is 11.6 Å². The lowest BCUT2D eigenvalue weighted by atomic mass is 10.2. The third-order valence-electron chi connectivity index (χ3n) is 2.46. The molecule has 0 fully saturated rings. The maximum atomic E-state index is 11.8. The number of hydrogen-bond donors (Lipinski definition) is 1. The van der Waals surface area contributed by atoms with Gasteiger partial charge in [0, 0.05) is 17.0 Å². The highest BCUT2D eigenvalue weighted by molar-refractivity contribution is 7.13. The van der Waals surface area contributed by atoms with Crippen LogP contribution in [0.4, 0.5) is 5.13 Å². The normalized spacial score (nSPS) is 10.7. The van der Waals surface area contributed by atoms with Crippen molar-refractivity contribution >= 4 is 33.3 Å². The van der Waals surface area contributed by atoms with Crippen LogP contribution in [0.5, 0.6) is 0 Å². The molecular weight excluding hydrogens is 250 g/mol. The third-order valence-corrected chi connectivity index (χ3v) is 3.15. The summed E-state index contributed by atoms with van der Waals surface area (Å²) in [6.45, 7) is 0. The van der Waals surface area contributed by atoms with Crippen LogP contribution in [0.1, 0.15) is 5.69 Å². The molecule has 0 aliphatic heterocycles. The number of fused-ring (bicyclic) bond motifs is 1. The summed E-state index contributed by atoms with van der Waals surface area (Å²) < 4.78 is 5.14. The molecule has 0 unspecified atom stereocenters. The Bertz CT molecular complexity index is 676. The SMILES string of the molecule is O=C(Cc1noc2ccccc12)Nc1nccs1. The second-order valence-electron chi connectivity index (χ2n) is 3.69. The lowest BCUT2D eigenvalue weighted by molar-refractivity contribution is -0.115. The highest BCUT2D eigenvalue weighted by atomic mass is 32.1. The summed E-state index contributed by atoms with van der Waals surface area (Å²) >= 11 is 1.38. The second kappa shape index (κ2) is 4.58. The lowest BCUT2D eigenvalue weighted by Crippen LogP contribution is -2.14. The van der Waals surface area contributed by atoms with Crippen molar-refractivity contribution in [1.29, 1.82) is 0 Å². The molecule has 5 nitrogen and oxygen atoms in total. The Morgan fingerprint density at radius 3 is 3.11 bits per heavy atom. The third kappa shape index (κ3) is 2.10. The zero-order chi connectivity index (χ0) is 12.4. The van der Waals surface area contributed by atoms with E-state index in [4.69, 9.17) is 4.52 Å². The van der Waals surface area contributed by atoms with Gasteiger partial charge in [-0.15, -0.1) is 11.3 Å². The predicted molar refractivity (Wildman–Crippen MR) is 68.5 cm³/mol. The van der Waals surface area contributed by atoms with E-state index in [0.717, 1.165) is 5.39 Å². The Kier molecular flexibility index (Phi) is 2.77. The van der Waals surface area contributed by atoms with Gasteiger partial charge in [0.25, 0.3) is 0 Å². The van der Waals surface area contributed by atoms with E-state index in [1.165, 1.54) is 11.3 Å². The van der Waals surface area contributed by atoms with Crippen LogP contribution in [0.25, 0.3) is 11.0 Å². The topological polar surface area (TPSA) is 68.0 Å². The fourth-order valence-corrected chi connectivity index (χ4v) is 2.21. The van der Waals surface area contributed by atoms with Crippen LogP contribution in [-0.4, -0.2) is 16.0 Å². The molecule has 90 valence electrons. The molecule has 0 atom stereocenters. The van der Waals surface area contributed by atoms with Gasteiger partial charge in [0.15, 0.2) is 10.7 Å². The number of aromatic nitrogens is 2. The highest BCUT2D eigenvalue weighted by Gasteiger charge is 2.12. The number of para-hydroxylation sites is 1. The molecule has 0 aliphatic rings. The molecule has 1 amide bonds. The highest BCUT2D eigenvalue weighted by Crippen LogP contribution is 2.18. The van der Waals surface area contributed by atoms with E-state index < -0.39 is 0 Å². The summed E-state index contributed by atoms with van der Waals surface area (Å²) in [6, 6.07) is 7.47. The molecular formula is C12H9N3O2S. The fraction of sp³-hybridized carbons (Fsp3) is 0.0833. The Hall–Kier alpha value is -2.21. The first kappa shape index (κ1) is 10.9. The molecule has 6 heteroatoms. The van der Waals surface area contributed by atoms with Crippen LogP contribution in [0.15, 0.2) is 40.4 Å². The largest absolute Gasteiger partial charge is 0.356 e. The van der Waals surface area contributed by atoms with Gasteiger partial charge in [-0.05, 0) is 12.1 Å². The molecule has 0 spiro atoms. The van der Waals surface area contributed by atoms with Crippen molar-refractivity contribution in [1.82, 2.24) is 10.1 Å². The van der Waals surface area contributed by atoms with Crippen molar-refractivity contribution in [2.24, 2.45) is 0 Å². The minimum absolute atomic E-state index is 0.149. The van der Waals surface area contributed by atoms with Crippen molar-refractivity contribution in [2.75, 3.05) is 5.32 Å². The number of nitrogens with one attached hydrogen (secondary N) is 1. The monoisotopic (exact) mass is 259 g/mol. The molecule has 18 heavy (non-hydrogen) atoms. The minimum atomic E-state index is -0.149. The molecule has 0 saturated carbocycles. The summed E-state index contributed by atoms with van der Waals surface area (Å²) in [6.07, 6.45) is 1.82. The first-order valence-corrected chi connectivity index (χ1v) is 6.23. The quantitative estimate of drug-likeness (QED) is 0.784. The molecule has 0 saturated heterocycles. The number of carbonyl (C=O) groups excluding carboxylic acids is 1. The van der Waals surface area contributed by atoms with Crippen LogP contribution in [-0.2, 0) is 11.2 Å². The van der Waals surface area contributed by atoms with Gasteiger partial charge in [0.2, 0.25) is 5.91 Å². The summed E-state index contributed by atoms with van der Waals surface area (Å²) in [5, 5.41) is 9.89. The molecule has 3 aromatic rings. The molecule has 1 aromatic carbocycles. The smallest absolute Gasteiger partial charge is 0.232 e. The first-order valence-electron chi connectivity index (χ1n) is 5.35. The van der Waals surface area contributed by atoms with Crippen LogP contribution in [0.2, 0.25) is 0 Å². The summed E-state index contributed by atoms with van der Waals surface area (Å²) in [5.74, 6) is -0.149. The van der Waals surface area contributed by atoms with Crippen molar-refractivity contribution in [3.05, 3.63) is 41.5 Å². The van der Waals surface area contributed by atoms with Crippen molar-refractivity contribution in [3.8, 4) is 0 Å². The van der Waals surface area contributed by atoms with Crippen molar-refractivity contribution < 1.29 is 9.32 Å². The van der Waals surface area contributed by atoms with Gasteiger partial charge in [0.1, 0.15) is 5.69 Å². The van der Waals surface area contributed by atoms with Gasteiger partial charge in [-0.3, -0.25) is 4.79 Å². The van der Waals surface area contributed by atoms with Crippen molar-refractivity contribution in [2.45, 2.75) is 6.42 Å². The van der Waals surface area contributed by atoms with E-state index in [9.17, 15) is 4.79 Å². The van der Waals surface area contributed by atoms with Crippen LogP contribution in [0.3, 0.4) is 0 Å². The molecule has 3 rings (SSSR count). The average molecular weight is 259 g/mol. The van der Waals surface area contributed by atoms with E-state index in [1.807, 2.05) is 24.3 Å². The van der Waals surface area contributed by atoms with Gasteiger partial charge in [-0.25, -0.2) is 4.98 Å². The van der Waals surface area contributed by atoms with E-state index in [2.05, 4.69) is 15.5 Å². The number of rotatable bonds is 3. The summed E-state index contributed by atoms with van der Waals surface area (Å²) in [7, 11) is 0.